The second kappa shape index (κ2) is 9.37. The number of nitrogens with zero attached hydrogens (tertiary/aromatic N) is 7. The number of hydrogen-bond donors (Lipinski definition) is 2. The molecule has 2 saturated heterocycles. The van der Waals surface area contributed by atoms with Crippen LogP contribution in [-0.2, 0) is 0 Å². The monoisotopic (exact) mass is 533 g/mol. The van der Waals surface area contributed by atoms with E-state index >= 15 is 0 Å². The molecule has 200 valence electrons. The maximum absolute atomic E-state index is 13.2. The lowest BCUT2D eigenvalue weighted by Gasteiger charge is -2.39. The Labute approximate surface area is 229 Å². The Morgan fingerprint density at radius 3 is 2.40 bits per heavy atom. The van der Waals surface area contributed by atoms with Crippen LogP contribution in [0.4, 0.5) is 5.82 Å². The summed E-state index contributed by atoms with van der Waals surface area (Å²) in [5.74, 6) is 0.0217. The van der Waals surface area contributed by atoms with Crippen LogP contribution in [0.2, 0.25) is 0 Å². The minimum Gasteiger partial charge on any atom is -0.383 e. The van der Waals surface area contributed by atoms with Gasteiger partial charge >= 0.3 is 0 Å². The van der Waals surface area contributed by atoms with Crippen molar-refractivity contribution in [1.82, 2.24) is 39.9 Å². The molecule has 2 bridgehead atoms. The van der Waals surface area contributed by atoms with Gasteiger partial charge < -0.3 is 10.6 Å². The van der Waals surface area contributed by atoms with E-state index in [-0.39, 0.29) is 35.5 Å². The Morgan fingerprint density at radius 2 is 1.75 bits per heavy atom. The summed E-state index contributed by atoms with van der Waals surface area (Å²) in [4.78, 5) is 37.7. The highest BCUT2D eigenvalue weighted by atomic mass is 16.2. The predicted octanol–water partition coefficient (Wildman–Crippen LogP) is 3.91. The molecule has 0 saturated carbocycles. The van der Waals surface area contributed by atoms with Gasteiger partial charge in [0.05, 0.1) is 29.3 Å². The van der Waals surface area contributed by atoms with E-state index in [0.717, 1.165) is 35.2 Å². The average molecular weight is 534 g/mol. The number of Topliss-reactive ketones (excluding diaryl/α,β-unsaturated/α-hetero) is 1. The number of rotatable bonds is 5. The molecule has 5 aromatic rings. The zero-order valence-electron chi connectivity index (χ0n) is 21.9. The maximum atomic E-state index is 13.2. The van der Waals surface area contributed by atoms with Crippen LogP contribution in [0.5, 0.6) is 0 Å². The highest BCUT2D eigenvalue weighted by Gasteiger charge is 2.45. The molecule has 2 aliphatic rings. The molecule has 0 unspecified atom stereocenters. The molecule has 7 rings (SSSR count). The van der Waals surface area contributed by atoms with E-state index in [9.17, 15) is 9.59 Å². The molecule has 1 amide bonds. The number of benzene rings is 1. The largest absolute Gasteiger partial charge is 0.383 e. The summed E-state index contributed by atoms with van der Waals surface area (Å²) in [5, 5.41) is 14.6. The van der Waals surface area contributed by atoms with Gasteiger partial charge in [-0.1, -0.05) is 41.6 Å². The summed E-state index contributed by atoms with van der Waals surface area (Å²) >= 11 is 0. The van der Waals surface area contributed by atoms with Crippen LogP contribution in [0.1, 0.15) is 65.1 Å². The molecule has 6 heterocycles. The summed E-state index contributed by atoms with van der Waals surface area (Å²) in [7, 11) is 0. The van der Waals surface area contributed by atoms with Gasteiger partial charge in [0.25, 0.3) is 5.91 Å². The first-order valence-corrected chi connectivity index (χ1v) is 13.4. The third-order valence-electron chi connectivity index (χ3n) is 8.21. The Hall–Kier alpha value is -4.93. The van der Waals surface area contributed by atoms with Crippen molar-refractivity contribution in [3.8, 4) is 22.4 Å². The van der Waals surface area contributed by atoms with Gasteiger partial charge in [-0.3, -0.25) is 19.7 Å². The summed E-state index contributed by atoms with van der Waals surface area (Å²) in [6.45, 7) is 1.51. The number of piperidine rings is 1. The normalized spacial score (nSPS) is 20.2. The standard InChI is InChI=1S/C29H27N9O2/c1-16(39)25-26(19-11-20-8-9-21(12-19)37(20)29(40)24-15-32-36-35-24)34-28-22(14-33-38(28)27(25)30)18-7-10-23(31-13-18)17-5-3-2-4-6-17/h2-7,10,13-15,19-21H,8-9,11-12,30H2,1H3,(H,32,35,36)/t19-,20+,21-. The summed E-state index contributed by atoms with van der Waals surface area (Å²) in [5.41, 5.74) is 12.2. The van der Waals surface area contributed by atoms with Gasteiger partial charge in [-0.2, -0.15) is 9.61 Å². The predicted molar refractivity (Wildman–Crippen MR) is 147 cm³/mol. The SMILES string of the molecule is CC(=O)c1c([C@H]2C[C@H]3CC[C@@H](C2)N3C(=O)c2cnn[nH]2)nc2c(-c3ccc(-c4ccccc4)nc3)cnn2c1N. The van der Waals surface area contributed by atoms with E-state index in [4.69, 9.17) is 10.7 Å². The van der Waals surface area contributed by atoms with Crippen molar-refractivity contribution < 1.29 is 9.59 Å². The third-order valence-corrected chi connectivity index (χ3v) is 8.21. The number of carbonyl (C=O) groups excluding carboxylic acids is 2. The van der Waals surface area contributed by atoms with Crippen molar-refractivity contribution in [2.45, 2.75) is 50.6 Å². The van der Waals surface area contributed by atoms with Crippen molar-refractivity contribution in [3.05, 3.63) is 78.0 Å². The fourth-order valence-electron chi connectivity index (χ4n) is 6.40. The third kappa shape index (κ3) is 3.84. The Kier molecular flexibility index (Phi) is 5.65. The zero-order valence-corrected chi connectivity index (χ0v) is 21.9. The first-order chi connectivity index (χ1) is 19.5. The minimum absolute atomic E-state index is 0.0195. The van der Waals surface area contributed by atoms with Gasteiger partial charge in [0.2, 0.25) is 0 Å². The van der Waals surface area contributed by atoms with Gasteiger partial charge in [-0.15, -0.1) is 5.10 Å². The van der Waals surface area contributed by atoms with E-state index in [1.807, 2.05) is 53.6 Å². The number of aromatic nitrogens is 7. The fourth-order valence-corrected chi connectivity index (χ4v) is 6.40. The number of nitrogens with two attached hydrogens (primary N) is 1. The second-order valence-electron chi connectivity index (χ2n) is 10.5. The molecule has 0 radical (unpaired) electrons. The van der Waals surface area contributed by atoms with Crippen LogP contribution < -0.4 is 5.73 Å². The van der Waals surface area contributed by atoms with Crippen LogP contribution in [0, 0.1) is 0 Å². The van der Waals surface area contributed by atoms with Gasteiger partial charge in [0.15, 0.2) is 11.4 Å². The number of H-pyrrole nitrogens is 1. The lowest BCUT2D eigenvalue weighted by atomic mass is 9.85. The number of hydrogen-bond acceptors (Lipinski definition) is 8. The van der Waals surface area contributed by atoms with E-state index in [1.165, 1.54) is 13.1 Å². The van der Waals surface area contributed by atoms with Gasteiger partial charge in [0, 0.05) is 40.9 Å². The summed E-state index contributed by atoms with van der Waals surface area (Å²) < 4.78 is 1.54. The smallest absolute Gasteiger partial charge is 0.274 e. The lowest BCUT2D eigenvalue weighted by Crippen LogP contribution is -2.46. The molecule has 1 aromatic carbocycles. The number of amides is 1. The molecule has 0 spiro atoms. The van der Waals surface area contributed by atoms with Crippen molar-refractivity contribution >= 4 is 23.2 Å². The first kappa shape index (κ1) is 24.1. The number of ketones is 1. The first-order valence-electron chi connectivity index (χ1n) is 13.4. The van der Waals surface area contributed by atoms with E-state index < -0.39 is 0 Å². The van der Waals surface area contributed by atoms with Crippen LogP contribution >= 0.6 is 0 Å². The molecular formula is C29H27N9O2. The van der Waals surface area contributed by atoms with Crippen molar-refractivity contribution in [1.29, 1.82) is 0 Å². The molecule has 4 aromatic heterocycles. The zero-order chi connectivity index (χ0) is 27.4. The van der Waals surface area contributed by atoms with Crippen molar-refractivity contribution in [2.24, 2.45) is 0 Å². The van der Waals surface area contributed by atoms with Gasteiger partial charge in [-0.25, -0.2) is 4.98 Å². The number of nitrogens with one attached hydrogen (secondary N) is 1. The number of carbonyl (C=O) groups is 2. The Balaban J connectivity index is 1.26. The van der Waals surface area contributed by atoms with Crippen LogP contribution in [0.3, 0.4) is 0 Å². The average Bonchev–Trinajstić information content (AvgIpc) is 3.71. The number of anilines is 1. The number of nitrogen functional groups attached to an aromatic ring is 1. The summed E-state index contributed by atoms with van der Waals surface area (Å²) in [6.07, 6.45) is 8.19. The molecule has 11 nitrogen and oxygen atoms in total. The van der Waals surface area contributed by atoms with Crippen LogP contribution in [0.25, 0.3) is 28.0 Å². The highest BCUT2D eigenvalue weighted by molar-refractivity contribution is 6.00. The number of aromatic amines is 1. The van der Waals surface area contributed by atoms with Gasteiger partial charge in [-0.05, 0) is 38.7 Å². The van der Waals surface area contributed by atoms with Crippen molar-refractivity contribution in [3.63, 3.8) is 0 Å². The van der Waals surface area contributed by atoms with Crippen molar-refractivity contribution in [2.75, 3.05) is 5.73 Å². The van der Waals surface area contributed by atoms with E-state index in [2.05, 4.69) is 25.5 Å². The number of fused-ring (bicyclic) bond motifs is 3. The molecule has 2 aliphatic heterocycles. The van der Waals surface area contributed by atoms with Gasteiger partial charge in [0.1, 0.15) is 11.5 Å². The lowest BCUT2D eigenvalue weighted by molar-refractivity contribution is 0.0562. The second-order valence-corrected chi connectivity index (χ2v) is 10.5. The molecule has 3 N–H and O–H groups in total. The van der Waals surface area contributed by atoms with E-state index in [1.54, 1.807) is 10.7 Å². The van der Waals surface area contributed by atoms with E-state index in [0.29, 0.717) is 35.4 Å². The molecule has 40 heavy (non-hydrogen) atoms. The minimum atomic E-state index is -0.151. The summed E-state index contributed by atoms with van der Waals surface area (Å²) in [6, 6.07) is 14.0. The topological polar surface area (TPSA) is 148 Å². The molecule has 11 heteroatoms. The Morgan fingerprint density at radius 1 is 0.975 bits per heavy atom. The molecule has 2 fully saturated rings. The molecule has 0 aliphatic carbocycles. The quantitative estimate of drug-likeness (QED) is 0.323. The Bertz CT molecular complexity index is 1720. The molecular weight excluding hydrogens is 506 g/mol. The fraction of sp³-hybridized carbons (Fsp3) is 0.276. The molecule has 3 atom stereocenters. The number of pyridine rings is 1. The highest BCUT2D eigenvalue weighted by Crippen LogP contribution is 2.45. The van der Waals surface area contributed by atoms with Crippen LogP contribution in [0.15, 0.2) is 61.1 Å². The van der Waals surface area contributed by atoms with Crippen LogP contribution in [-0.4, -0.2) is 63.7 Å². The maximum Gasteiger partial charge on any atom is 0.274 e.